The second-order valence-electron chi connectivity index (χ2n) is 4.93. The van der Waals surface area contributed by atoms with E-state index in [0.29, 0.717) is 12.0 Å². The number of hydrogen-bond donors (Lipinski definition) is 1. The number of nitrogens with one attached hydrogen (secondary N) is 1. The summed E-state index contributed by atoms with van der Waals surface area (Å²) in [4.78, 5) is 0. The van der Waals surface area contributed by atoms with Crippen molar-refractivity contribution in [2.24, 2.45) is 0 Å². The smallest absolute Gasteiger partial charge is 0.160 e. The lowest BCUT2D eigenvalue weighted by Gasteiger charge is -2.36. The second kappa shape index (κ2) is 6.10. The molecule has 0 radical (unpaired) electrons. The molecule has 3 heteroatoms. The van der Waals surface area contributed by atoms with E-state index in [4.69, 9.17) is 9.47 Å². The van der Waals surface area contributed by atoms with Gasteiger partial charge in [0.05, 0.1) is 14.2 Å². The first-order chi connectivity index (χ1) is 8.78. The molecule has 1 aromatic rings. The minimum atomic E-state index is 0.666. The van der Waals surface area contributed by atoms with Crippen LogP contribution >= 0.6 is 0 Å². The highest BCUT2D eigenvalue weighted by molar-refractivity contribution is 5.44. The first-order valence-corrected chi connectivity index (χ1v) is 6.73. The number of methoxy groups -OCH3 is 2. The van der Waals surface area contributed by atoms with Crippen molar-refractivity contribution in [3.63, 3.8) is 0 Å². The van der Waals surface area contributed by atoms with E-state index in [1.54, 1.807) is 14.2 Å². The highest BCUT2D eigenvalue weighted by Gasteiger charge is 2.30. The molecule has 1 N–H and O–H groups in total. The van der Waals surface area contributed by atoms with E-state index in [1.807, 2.05) is 6.07 Å². The van der Waals surface area contributed by atoms with Gasteiger partial charge < -0.3 is 14.8 Å². The summed E-state index contributed by atoms with van der Waals surface area (Å²) < 4.78 is 10.6. The van der Waals surface area contributed by atoms with Gasteiger partial charge >= 0.3 is 0 Å². The average Bonchev–Trinajstić information content (AvgIpc) is 2.36. The van der Waals surface area contributed by atoms with Crippen LogP contribution in [0.25, 0.3) is 0 Å². The van der Waals surface area contributed by atoms with Crippen molar-refractivity contribution in [1.82, 2.24) is 5.32 Å². The van der Waals surface area contributed by atoms with Gasteiger partial charge in [0.1, 0.15) is 0 Å². The Hall–Kier alpha value is -1.22. The molecule has 0 spiro atoms. The zero-order chi connectivity index (χ0) is 13.0. The van der Waals surface area contributed by atoms with Gasteiger partial charge in [0.25, 0.3) is 0 Å². The Morgan fingerprint density at radius 3 is 2.50 bits per heavy atom. The summed E-state index contributed by atoms with van der Waals surface area (Å²) in [5.41, 5.74) is 1.36. The maximum atomic E-state index is 5.35. The SMILES string of the molecule is CCCNC1CC(c2ccc(OC)c(OC)c2)C1. The summed E-state index contributed by atoms with van der Waals surface area (Å²) in [6, 6.07) is 6.96. The maximum absolute atomic E-state index is 5.35. The van der Waals surface area contributed by atoms with Gasteiger partial charge in [-0.3, -0.25) is 0 Å². The number of benzene rings is 1. The minimum absolute atomic E-state index is 0.666. The predicted molar refractivity (Wildman–Crippen MR) is 73.6 cm³/mol. The van der Waals surface area contributed by atoms with Gasteiger partial charge in [0.15, 0.2) is 11.5 Å². The number of rotatable bonds is 6. The predicted octanol–water partition coefficient (Wildman–Crippen LogP) is 2.95. The second-order valence-corrected chi connectivity index (χ2v) is 4.93. The van der Waals surface area contributed by atoms with Crippen molar-refractivity contribution in [3.05, 3.63) is 23.8 Å². The molecular weight excluding hydrogens is 226 g/mol. The van der Waals surface area contributed by atoms with E-state index >= 15 is 0 Å². The van der Waals surface area contributed by atoms with E-state index < -0.39 is 0 Å². The summed E-state index contributed by atoms with van der Waals surface area (Å²) in [6.07, 6.45) is 3.67. The van der Waals surface area contributed by atoms with Crippen LogP contribution in [0.2, 0.25) is 0 Å². The average molecular weight is 249 g/mol. The largest absolute Gasteiger partial charge is 0.493 e. The molecule has 0 amide bonds. The lowest BCUT2D eigenvalue weighted by molar-refractivity contribution is 0.290. The summed E-state index contributed by atoms with van der Waals surface area (Å²) in [5.74, 6) is 2.31. The van der Waals surface area contributed by atoms with Crippen molar-refractivity contribution in [1.29, 1.82) is 0 Å². The van der Waals surface area contributed by atoms with Crippen LogP contribution in [0.15, 0.2) is 18.2 Å². The van der Waals surface area contributed by atoms with Gasteiger partial charge in [-0.2, -0.15) is 0 Å². The lowest BCUT2D eigenvalue weighted by atomic mass is 9.76. The summed E-state index contributed by atoms with van der Waals surface area (Å²) >= 11 is 0. The number of hydrogen-bond acceptors (Lipinski definition) is 3. The Morgan fingerprint density at radius 1 is 1.17 bits per heavy atom. The maximum Gasteiger partial charge on any atom is 0.160 e. The molecule has 0 aliphatic heterocycles. The third kappa shape index (κ3) is 2.78. The quantitative estimate of drug-likeness (QED) is 0.841. The molecule has 1 aliphatic rings. The van der Waals surface area contributed by atoms with Crippen LogP contribution in [0, 0.1) is 0 Å². The van der Waals surface area contributed by atoms with Gasteiger partial charge in [-0.1, -0.05) is 13.0 Å². The highest BCUT2D eigenvalue weighted by atomic mass is 16.5. The zero-order valence-electron chi connectivity index (χ0n) is 11.5. The molecule has 0 saturated heterocycles. The standard InChI is InChI=1S/C15H23NO2/c1-4-7-16-13-8-12(9-13)11-5-6-14(17-2)15(10-11)18-3/h5-6,10,12-13,16H,4,7-9H2,1-3H3. The fraction of sp³-hybridized carbons (Fsp3) is 0.600. The Morgan fingerprint density at radius 2 is 1.89 bits per heavy atom. The van der Waals surface area contributed by atoms with E-state index in [9.17, 15) is 0 Å². The third-order valence-electron chi connectivity index (χ3n) is 3.70. The molecule has 0 bridgehead atoms. The normalized spacial score (nSPS) is 22.4. The molecule has 0 heterocycles. The molecule has 1 aromatic carbocycles. The van der Waals surface area contributed by atoms with Gasteiger partial charge in [0, 0.05) is 6.04 Å². The molecule has 1 saturated carbocycles. The number of ether oxygens (including phenoxy) is 2. The first kappa shape index (κ1) is 13.2. The van der Waals surface area contributed by atoms with Crippen LogP contribution in [0.1, 0.15) is 37.7 Å². The Labute approximate surface area is 109 Å². The van der Waals surface area contributed by atoms with Crippen LogP contribution < -0.4 is 14.8 Å². The Balaban J connectivity index is 1.95. The fourth-order valence-corrected chi connectivity index (χ4v) is 2.51. The fourth-order valence-electron chi connectivity index (χ4n) is 2.51. The van der Waals surface area contributed by atoms with Crippen LogP contribution in [-0.2, 0) is 0 Å². The molecular formula is C15H23NO2. The van der Waals surface area contributed by atoms with Gasteiger partial charge in [-0.25, -0.2) is 0 Å². The summed E-state index contributed by atoms with van der Waals surface area (Å²) in [6.45, 7) is 3.33. The topological polar surface area (TPSA) is 30.5 Å². The van der Waals surface area contributed by atoms with Gasteiger partial charge in [0.2, 0.25) is 0 Å². The lowest BCUT2D eigenvalue weighted by Crippen LogP contribution is -2.40. The highest BCUT2D eigenvalue weighted by Crippen LogP contribution is 2.40. The van der Waals surface area contributed by atoms with E-state index in [-0.39, 0.29) is 0 Å². The van der Waals surface area contributed by atoms with E-state index in [0.717, 1.165) is 18.0 Å². The molecule has 0 aromatic heterocycles. The first-order valence-electron chi connectivity index (χ1n) is 6.73. The van der Waals surface area contributed by atoms with Crippen molar-refractivity contribution in [2.45, 2.75) is 38.1 Å². The van der Waals surface area contributed by atoms with Crippen molar-refractivity contribution in [2.75, 3.05) is 20.8 Å². The molecule has 2 rings (SSSR count). The molecule has 0 atom stereocenters. The summed E-state index contributed by atoms with van der Waals surface area (Å²) in [5, 5.41) is 3.56. The minimum Gasteiger partial charge on any atom is -0.493 e. The van der Waals surface area contributed by atoms with Crippen LogP contribution in [0.5, 0.6) is 11.5 Å². The summed E-state index contributed by atoms with van der Waals surface area (Å²) in [7, 11) is 3.36. The zero-order valence-corrected chi connectivity index (χ0v) is 11.5. The molecule has 1 fully saturated rings. The van der Waals surface area contributed by atoms with Crippen LogP contribution in [-0.4, -0.2) is 26.8 Å². The van der Waals surface area contributed by atoms with Crippen molar-refractivity contribution >= 4 is 0 Å². The van der Waals surface area contributed by atoms with Crippen LogP contribution in [0.4, 0.5) is 0 Å². The molecule has 18 heavy (non-hydrogen) atoms. The molecule has 100 valence electrons. The monoisotopic (exact) mass is 249 g/mol. The van der Waals surface area contributed by atoms with Gasteiger partial charge in [-0.15, -0.1) is 0 Å². The Kier molecular flexibility index (Phi) is 4.48. The molecule has 0 unspecified atom stereocenters. The van der Waals surface area contributed by atoms with E-state index in [2.05, 4.69) is 24.4 Å². The third-order valence-corrected chi connectivity index (χ3v) is 3.70. The van der Waals surface area contributed by atoms with E-state index in [1.165, 1.54) is 24.8 Å². The van der Waals surface area contributed by atoms with Crippen molar-refractivity contribution < 1.29 is 9.47 Å². The molecule has 1 aliphatic carbocycles. The van der Waals surface area contributed by atoms with Gasteiger partial charge in [-0.05, 0) is 49.4 Å². The van der Waals surface area contributed by atoms with Crippen LogP contribution in [0.3, 0.4) is 0 Å². The molecule has 3 nitrogen and oxygen atoms in total. The van der Waals surface area contributed by atoms with Crippen molar-refractivity contribution in [3.8, 4) is 11.5 Å². The Bertz CT molecular complexity index is 386.